The van der Waals surface area contributed by atoms with Crippen LogP contribution in [-0.2, 0) is 9.59 Å². The molecule has 5 aliphatic rings. The van der Waals surface area contributed by atoms with Gasteiger partial charge < -0.3 is 10.4 Å². The molecule has 0 aromatic carbocycles. The number of hydrogen-bond donors (Lipinski definition) is 2. The Hall–Kier alpha value is -1.32. The van der Waals surface area contributed by atoms with Gasteiger partial charge in [-0.25, -0.2) is 0 Å². The molecule has 4 nitrogen and oxygen atoms in total. The lowest BCUT2D eigenvalue weighted by atomic mass is 9.51. The van der Waals surface area contributed by atoms with Gasteiger partial charge in [-0.15, -0.1) is 0 Å². The molecule has 0 aromatic rings. The minimum absolute atomic E-state index is 0.0872. The summed E-state index contributed by atoms with van der Waals surface area (Å²) in [6.45, 7) is 0. The topological polar surface area (TPSA) is 66.4 Å². The highest BCUT2D eigenvalue weighted by Crippen LogP contribution is 2.56. The Labute approximate surface area is 125 Å². The lowest BCUT2D eigenvalue weighted by Gasteiger charge is -2.53. The van der Waals surface area contributed by atoms with Crippen LogP contribution < -0.4 is 5.32 Å². The van der Waals surface area contributed by atoms with Crippen molar-refractivity contribution in [1.29, 1.82) is 0 Å². The van der Waals surface area contributed by atoms with Gasteiger partial charge in [0.1, 0.15) is 0 Å². The smallest absolute Gasteiger partial charge is 0.310 e. The third-order valence-corrected chi connectivity index (χ3v) is 6.26. The van der Waals surface area contributed by atoms with Gasteiger partial charge in [-0.2, -0.15) is 0 Å². The molecule has 2 N–H and O–H groups in total. The minimum atomic E-state index is -0.794. The summed E-state index contributed by atoms with van der Waals surface area (Å²) in [7, 11) is 0. The molecule has 4 fully saturated rings. The van der Waals surface area contributed by atoms with Gasteiger partial charge in [0.15, 0.2) is 0 Å². The lowest BCUT2D eigenvalue weighted by Crippen LogP contribution is -2.52. The van der Waals surface area contributed by atoms with Crippen LogP contribution in [0.25, 0.3) is 0 Å². The molecule has 0 radical (unpaired) electrons. The van der Waals surface area contributed by atoms with Gasteiger partial charge in [0.25, 0.3) is 0 Å². The number of carboxylic acid groups (broad SMARTS) is 1. The number of carboxylic acids is 1. The molecular formula is C17H23NO3. The maximum absolute atomic E-state index is 12.7. The van der Waals surface area contributed by atoms with Gasteiger partial charge in [0, 0.05) is 12.0 Å². The molecule has 1 amide bonds. The molecule has 0 saturated heterocycles. The highest BCUT2D eigenvalue weighted by Gasteiger charge is 2.50. The predicted octanol–water partition coefficient (Wildman–Crippen LogP) is 2.20. The van der Waals surface area contributed by atoms with E-state index in [4.69, 9.17) is 5.11 Å². The quantitative estimate of drug-likeness (QED) is 0.783. The van der Waals surface area contributed by atoms with Crippen LogP contribution in [0.4, 0.5) is 0 Å². The molecule has 4 bridgehead atoms. The normalized spacial score (nSPS) is 46.8. The molecule has 5 aliphatic carbocycles. The Morgan fingerprint density at radius 1 is 0.905 bits per heavy atom. The first-order valence-electron chi connectivity index (χ1n) is 8.31. The van der Waals surface area contributed by atoms with Crippen LogP contribution in [0.15, 0.2) is 12.2 Å². The average molecular weight is 289 g/mol. The summed E-state index contributed by atoms with van der Waals surface area (Å²) >= 11 is 0. The Bertz CT molecular complexity index is 470. The van der Waals surface area contributed by atoms with Crippen LogP contribution in [0, 0.1) is 35.5 Å². The number of rotatable bonds is 3. The summed E-state index contributed by atoms with van der Waals surface area (Å²) < 4.78 is 0. The fraction of sp³-hybridized carbons (Fsp3) is 0.765. The van der Waals surface area contributed by atoms with Gasteiger partial charge in [-0.05, 0) is 62.2 Å². The van der Waals surface area contributed by atoms with Gasteiger partial charge in [0.2, 0.25) is 5.91 Å². The third kappa shape index (κ3) is 2.29. The zero-order valence-corrected chi connectivity index (χ0v) is 12.2. The number of aliphatic carboxylic acids is 1. The third-order valence-electron chi connectivity index (χ3n) is 6.26. The summed E-state index contributed by atoms with van der Waals surface area (Å²) in [6, 6.07) is -0.0872. The molecule has 2 atom stereocenters. The fourth-order valence-electron chi connectivity index (χ4n) is 5.62. The number of carbonyl (C=O) groups is 2. The van der Waals surface area contributed by atoms with Crippen molar-refractivity contribution in [3.8, 4) is 0 Å². The van der Waals surface area contributed by atoms with Gasteiger partial charge in [0.05, 0.1) is 5.92 Å². The van der Waals surface area contributed by atoms with Crippen molar-refractivity contribution >= 4 is 11.9 Å². The Morgan fingerprint density at radius 3 is 2.05 bits per heavy atom. The van der Waals surface area contributed by atoms with Crippen LogP contribution in [0.1, 0.15) is 38.5 Å². The molecule has 5 rings (SSSR count). The largest absolute Gasteiger partial charge is 0.481 e. The second-order valence-corrected chi connectivity index (χ2v) is 7.64. The standard InChI is InChI=1S/C17H23NO3/c19-16(18-14-2-1-11(8-14)17(20)21)15-12-4-9-3-10(6-12)7-13(15)5-9/h1-2,9-15H,3-8H2,(H,18,19)(H,20,21). The number of amides is 1. The first-order chi connectivity index (χ1) is 10.1. The second kappa shape index (κ2) is 4.85. The zero-order valence-electron chi connectivity index (χ0n) is 12.2. The van der Waals surface area contributed by atoms with E-state index in [-0.39, 0.29) is 17.9 Å². The van der Waals surface area contributed by atoms with Crippen LogP contribution in [-0.4, -0.2) is 23.0 Å². The van der Waals surface area contributed by atoms with E-state index >= 15 is 0 Å². The van der Waals surface area contributed by atoms with E-state index in [1.54, 1.807) is 6.08 Å². The molecule has 114 valence electrons. The Kier molecular flexibility index (Phi) is 3.09. The maximum atomic E-state index is 12.7. The maximum Gasteiger partial charge on any atom is 0.310 e. The van der Waals surface area contributed by atoms with Gasteiger partial charge >= 0.3 is 5.97 Å². The number of hydrogen-bond acceptors (Lipinski definition) is 2. The molecule has 0 spiro atoms. The van der Waals surface area contributed by atoms with Crippen LogP contribution in [0.3, 0.4) is 0 Å². The Balaban J connectivity index is 1.40. The van der Waals surface area contributed by atoms with E-state index in [0.29, 0.717) is 18.3 Å². The number of carbonyl (C=O) groups excluding carboxylic acids is 1. The van der Waals surface area contributed by atoms with Crippen molar-refractivity contribution < 1.29 is 14.7 Å². The van der Waals surface area contributed by atoms with E-state index in [2.05, 4.69) is 5.32 Å². The summed E-state index contributed by atoms with van der Waals surface area (Å²) in [5.74, 6) is 2.06. The van der Waals surface area contributed by atoms with Gasteiger partial charge in [-0.3, -0.25) is 9.59 Å². The van der Waals surface area contributed by atoms with Crippen molar-refractivity contribution in [2.45, 2.75) is 44.6 Å². The van der Waals surface area contributed by atoms with Crippen molar-refractivity contribution in [2.75, 3.05) is 0 Å². The lowest BCUT2D eigenvalue weighted by molar-refractivity contribution is -0.141. The van der Waals surface area contributed by atoms with Crippen molar-refractivity contribution in [1.82, 2.24) is 5.32 Å². The molecule has 4 saturated carbocycles. The first-order valence-corrected chi connectivity index (χ1v) is 8.31. The molecule has 4 heteroatoms. The molecular weight excluding hydrogens is 266 g/mol. The first kappa shape index (κ1) is 13.4. The fourth-order valence-corrected chi connectivity index (χ4v) is 5.62. The summed E-state index contributed by atoms with van der Waals surface area (Å²) in [5, 5.41) is 12.1. The Morgan fingerprint density at radius 2 is 1.52 bits per heavy atom. The second-order valence-electron chi connectivity index (χ2n) is 7.64. The van der Waals surface area contributed by atoms with E-state index in [9.17, 15) is 9.59 Å². The summed E-state index contributed by atoms with van der Waals surface area (Å²) in [5.41, 5.74) is 0. The summed E-state index contributed by atoms with van der Waals surface area (Å²) in [4.78, 5) is 23.6. The molecule has 0 heterocycles. The minimum Gasteiger partial charge on any atom is -0.481 e. The van der Waals surface area contributed by atoms with E-state index in [1.165, 1.54) is 32.1 Å². The van der Waals surface area contributed by atoms with Crippen LogP contribution in [0.5, 0.6) is 0 Å². The molecule has 21 heavy (non-hydrogen) atoms. The van der Waals surface area contributed by atoms with Crippen molar-refractivity contribution in [3.05, 3.63) is 12.2 Å². The van der Waals surface area contributed by atoms with Crippen molar-refractivity contribution in [3.63, 3.8) is 0 Å². The zero-order chi connectivity index (χ0) is 14.6. The average Bonchev–Trinajstić information content (AvgIpc) is 2.86. The van der Waals surface area contributed by atoms with Crippen molar-refractivity contribution in [2.24, 2.45) is 35.5 Å². The van der Waals surface area contributed by atoms with Gasteiger partial charge in [-0.1, -0.05) is 12.2 Å². The van der Waals surface area contributed by atoms with E-state index < -0.39 is 11.9 Å². The molecule has 2 unspecified atom stereocenters. The number of nitrogens with one attached hydrogen (secondary N) is 1. The molecule has 0 aromatic heterocycles. The monoisotopic (exact) mass is 289 g/mol. The van der Waals surface area contributed by atoms with E-state index in [0.717, 1.165) is 11.8 Å². The highest BCUT2D eigenvalue weighted by atomic mass is 16.4. The SMILES string of the molecule is O=C(O)C1C=CC(NC(=O)C2C3CC4CC(C3)CC2C4)C1. The van der Waals surface area contributed by atoms with Crippen LogP contribution >= 0.6 is 0 Å². The van der Waals surface area contributed by atoms with E-state index in [1.807, 2.05) is 6.08 Å². The molecule has 0 aliphatic heterocycles. The van der Waals surface area contributed by atoms with Crippen LogP contribution in [0.2, 0.25) is 0 Å². The highest BCUT2D eigenvalue weighted by molar-refractivity contribution is 5.81. The predicted molar refractivity (Wildman–Crippen MR) is 77.3 cm³/mol. The summed E-state index contributed by atoms with van der Waals surface area (Å²) in [6.07, 6.45) is 10.4.